The molecule has 0 aliphatic carbocycles. The van der Waals surface area contributed by atoms with Crippen molar-refractivity contribution in [3.63, 3.8) is 0 Å². The lowest BCUT2D eigenvalue weighted by Crippen LogP contribution is -2.32. The summed E-state index contributed by atoms with van der Waals surface area (Å²) < 4.78 is 5.68. The van der Waals surface area contributed by atoms with Crippen molar-refractivity contribution >= 4 is 16.9 Å². The summed E-state index contributed by atoms with van der Waals surface area (Å²) >= 11 is 0. The summed E-state index contributed by atoms with van der Waals surface area (Å²) in [4.78, 5) is 23.4. The first kappa shape index (κ1) is 15.8. The van der Waals surface area contributed by atoms with Crippen molar-refractivity contribution in [3.05, 3.63) is 63.3 Å². The number of rotatable bonds is 3. The second-order valence-electron chi connectivity index (χ2n) is 6.43. The minimum Gasteiger partial charge on any atom is -0.464 e. The number of fused-ring (bicyclic) bond motifs is 2. The van der Waals surface area contributed by atoms with Crippen molar-refractivity contribution in [2.75, 3.05) is 12.3 Å². The van der Waals surface area contributed by atoms with Crippen LogP contribution in [0, 0.1) is 0 Å². The van der Waals surface area contributed by atoms with Crippen LogP contribution in [0.15, 0.2) is 39.9 Å². The Balaban J connectivity index is 1.62. The third-order valence-electron chi connectivity index (χ3n) is 4.74. The number of nitrogen functional groups attached to an aromatic ring is 1. The van der Waals surface area contributed by atoms with Gasteiger partial charge in [-0.25, -0.2) is 9.97 Å². The van der Waals surface area contributed by atoms with Crippen LogP contribution >= 0.6 is 0 Å². The zero-order chi connectivity index (χ0) is 17.4. The third kappa shape index (κ3) is 3.00. The van der Waals surface area contributed by atoms with Gasteiger partial charge in [0.2, 0.25) is 5.95 Å². The highest BCUT2D eigenvalue weighted by molar-refractivity contribution is 5.77. The molecule has 3 heterocycles. The van der Waals surface area contributed by atoms with E-state index in [1.165, 1.54) is 0 Å². The maximum absolute atomic E-state index is 12.8. The van der Waals surface area contributed by atoms with Crippen LogP contribution in [0.25, 0.3) is 11.0 Å². The smallest absolute Gasteiger partial charge is 0.220 e. The molecule has 0 saturated carbocycles. The van der Waals surface area contributed by atoms with Gasteiger partial charge < -0.3 is 10.2 Å². The Morgan fingerprint density at radius 1 is 1.36 bits per heavy atom. The maximum Gasteiger partial charge on any atom is 0.220 e. The summed E-state index contributed by atoms with van der Waals surface area (Å²) in [5.74, 6) is 0.314. The molecule has 0 saturated heterocycles. The summed E-state index contributed by atoms with van der Waals surface area (Å²) in [6.45, 7) is 4.17. The number of hydrogen-bond acceptors (Lipinski definition) is 6. The van der Waals surface area contributed by atoms with Gasteiger partial charge in [-0.15, -0.1) is 0 Å². The Kier molecular flexibility index (Phi) is 3.97. The summed E-state index contributed by atoms with van der Waals surface area (Å²) in [5.41, 5.74) is 10.2. The van der Waals surface area contributed by atoms with Gasteiger partial charge in [0, 0.05) is 43.4 Å². The van der Waals surface area contributed by atoms with E-state index in [1.807, 2.05) is 18.2 Å². The van der Waals surface area contributed by atoms with E-state index in [1.54, 1.807) is 12.5 Å². The number of hydrogen-bond donors (Lipinski definition) is 1. The topological polar surface area (TPSA) is 85.2 Å². The first-order valence-electron chi connectivity index (χ1n) is 8.50. The minimum absolute atomic E-state index is 0.0518. The van der Waals surface area contributed by atoms with Crippen LogP contribution in [0.3, 0.4) is 0 Å². The summed E-state index contributed by atoms with van der Waals surface area (Å²) in [5, 5.41) is 0.658. The lowest BCUT2D eigenvalue weighted by Gasteiger charge is -2.27. The number of aryl methyl sites for hydroxylation is 1. The van der Waals surface area contributed by atoms with Crippen molar-refractivity contribution in [3.8, 4) is 0 Å². The first-order valence-corrected chi connectivity index (χ1v) is 8.50. The SMILES string of the molecule is CCc1ccc2occ(CN3CCc4nc(N)ncc4C3)c(=O)c2c1. The van der Waals surface area contributed by atoms with E-state index < -0.39 is 0 Å². The number of anilines is 1. The van der Waals surface area contributed by atoms with E-state index in [0.717, 1.165) is 36.2 Å². The number of nitrogens with zero attached hydrogens (tertiary/aromatic N) is 3. The molecule has 0 fully saturated rings. The van der Waals surface area contributed by atoms with Crippen LogP contribution in [0.1, 0.15) is 29.3 Å². The third-order valence-corrected chi connectivity index (χ3v) is 4.74. The average molecular weight is 336 g/mol. The van der Waals surface area contributed by atoms with Gasteiger partial charge in [0.05, 0.1) is 17.3 Å². The van der Waals surface area contributed by atoms with Crippen LogP contribution in [0.4, 0.5) is 5.95 Å². The second-order valence-corrected chi connectivity index (χ2v) is 6.43. The van der Waals surface area contributed by atoms with E-state index in [-0.39, 0.29) is 5.43 Å². The van der Waals surface area contributed by atoms with Gasteiger partial charge in [-0.2, -0.15) is 0 Å². The molecular formula is C19H20N4O2. The maximum atomic E-state index is 12.8. The molecular weight excluding hydrogens is 316 g/mol. The Hall–Kier alpha value is -2.73. The number of nitrogens with two attached hydrogens (primary N) is 1. The highest BCUT2D eigenvalue weighted by Gasteiger charge is 2.20. The van der Waals surface area contributed by atoms with Crippen LogP contribution in [-0.2, 0) is 25.9 Å². The largest absolute Gasteiger partial charge is 0.464 e. The molecule has 1 aliphatic heterocycles. The molecule has 4 rings (SSSR count). The molecule has 0 unspecified atom stereocenters. The van der Waals surface area contributed by atoms with Crippen molar-refractivity contribution in [1.82, 2.24) is 14.9 Å². The predicted octanol–water partition coefficient (Wildman–Crippen LogP) is 2.29. The van der Waals surface area contributed by atoms with Crippen molar-refractivity contribution in [2.45, 2.75) is 32.9 Å². The zero-order valence-electron chi connectivity index (χ0n) is 14.2. The predicted molar refractivity (Wildman–Crippen MR) is 96.1 cm³/mol. The summed E-state index contributed by atoms with van der Waals surface area (Å²) in [7, 11) is 0. The molecule has 6 heteroatoms. The fourth-order valence-corrected chi connectivity index (χ4v) is 3.31. The number of aromatic nitrogens is 2. The summed E-state index contributed by atoms with van der Waals surface area (Å²) in [6, 6.07) is 5.81. The Morgan fingerprint density at radius 3 is 3.08 bits per heavy atom. The van der Waals surface area contributed by atoms with Gasteiger partial charge in [0.1, 0.15) is 5.58 Å². The molecule has 3 aromatic rings. The van der Waals surface area contributed by atoms with E-state index in [9.17, 15) is 4.79 Å². The molecule has 6 nitrogen and oxygen atoms in total. The second kappa shape index (κ2) is 6.29. The normalized spacial score (nSPS) is 14.6. The fraction of sp³-hybridized carbons (Fsp3) is 0.316. The van der Waals surface area contributed by atoms with Gasteiger partial charge in [0.15, 0.2) is 5.43 Å². The molecule has 25 heavy (non-hydrogen) atoms. The quantitative estimate of drug-likeness (QED) is 0.790. The van der Waals surface area contributed by atoms with E-state index >= 15 is 0 Å². The minimum atomic E-state index is 0.0518. The molecule has 0 bridgehead atoms. The van der Waals surface area contributed by atoms with Gasteiger partial charge in [0.25, 0.3) is 0 Å². The first-order chi connectivity index (χ1) is 12.1. The van der Waals surface area contributed by atoms with Crippen molar-refractivity contribution in [1.29, 1.82) is 0 Å². The molecule has 0 amide bonds. The van der Waals surface area contributed by atoms with E-state index in [4.69, 9.17) is 10.2 Å². The van der Waals surface area contributed by atoms with Gasteiger partial charge in [-0.05, 0) is 24.1 Å². The van der Waals surface area contributed by atoms with E-state index in [0.29, 0.717) is 35.6 Å². The average Bonchev–Trinajstić information content (AvgIpc) is 2.64. The lowest BCUT2D eigenvalue weighted by molar-refractivity contribution is 0.240. The Labute approximate surface area is 145 Å². The lowest BCUT2D eigenvalue weighted by atomic mass is 10.1. The monoisotopic (exact) mass is 336 g/mol. The van der Waals surface area contributed by atoms with Crippen LogP contribution < -0.4 is 11.2 Å². The molecule has 2 aromatic heterocycles. The van der Waals surface area contributed by atoms with Crippen molar-refractivity contribution in [2.24, 2.45) is 0 Å². The number of benzene rings is 1. The van der Waals surface area contributed by atoms with Gasteiger partial charge in [-0.1, -0.05) is 13.0 Å². The highest BCUT2D eigenvalue weighted by atomic mass is 16.3. The molecule has 1 aliphatic rings. The molecule has 0 radical (unpaired) electrons. The Morgan fingerprint density at radius 2 is 2.24 bits per heavy atom. The highest BCUT2D eigenvalue weighted by Crippen LogP contribution is 2.20. The van der Waals surface area contributed by atoms with Crippen molar-refractivity contribution < 1.29 is 4.42 Å². The molecule has 0 spiro atoms. The Bertz CT molecular complexity index is 996. The van der Waals surface area contributed by atoms with Crippen LogP contribution in [0.5, 0.6) is 0 Å². The summed E-state index contributed by atoms with van der Waals surface area (Å²) in [6.07, 6.45) is 5.07. The molecule has 2 N–H and O–H groups in total. The fourth-order valence-electron chi connectivity index (χ4n) is 3.31. The molecule has 0 atom stereocenters. The molecule has 128 valence electrons. The molecule has 1 aromatic carbocycles. The van der Waals surface area contributed by atoms with Crippen LogP contribution in [-0.4, -0.2) is 21.4 Å². The van der Waals surface area contributed by atoms with Crippen LogP contribution in [0.2, 0.25) is 0 Å². The van der Waals surface area contributed by atoms with Gasteiger partial charge in [-0.3, -0.25) is 9.69 Å². The van der Waals surface area contributed by atoms with E-state index in [2.05, 4.69) is 21.8 Å². The standard InChI is InChI=1S/C19H20N4O2/c1-2-12-3-4-17-15(7-12)18(24)14(11-25-17)10-23-6-5-16-13(9-23)8-21-19(20)22-16/h3-4,7-8,11H,2,5-6,9-10H2,1H3,(H2,20,21,22). The zero-order valence-corrected chi connectivity index (χ0v) is 14.2. The van der Waals surface area contributed by atoms with Gasteiger partial charge >= 0.3 is 0 Å².